The molecule has 0 aromatic heterocycles. The summed E-state index contributed by atoms with van der Waals surface area (Å²) in [4.78, 5) is 12.4. The molecule has 2 aromatic rings. The Balaban J connectivity index is 2.49. The van der Waals surface area contributed by atoms with E-state index in [0.717, 1.165) is 6.07 Å². The zero-order valence-electron chi connectivity index (χ0n) is 17.9. The number of benzene rings is 2. The summed E-state index contributed by atoms with van der Waals surface area (Å²) < 4.78 is 137. The summed E-state index contributed by atoms with van der Waals surface area (Å²) in [7, 11) is -4.67. The van der Waals surface area contributed by atoms with Gasteiger partial charge >= 0.3 is 29.2 Å². The summed E-state index contributed by atoms with van der Waals surface area (Å²) in [5, 5.41) is 1.13. The molecule has 0 amide bonds. The van der Waals surface area contributed by atoms with Gasteiger partial charge in [0.1, 0.15) is 6.04 Å². The van der Waals surface area contributed by atoms with E-state index < -0.39 is 58.4 Å². The minimum Gasteiger partial charge on any atom is -0.465 e. The molecule has 0 radical (unpaired) electrons. The Bertz CT molecular complexity index is 1110. The maximum atomic E-state index is 14.1. The summed E-state index contributed by atoms with van der Waals surface area (Å²) in [6, 6.07) is 10.3. The topological polar surface area (TPSA) is 80.1 Å². The van der Waals surface area contributed by atoms with Crippen molar-refractivity contribution in [3.8, 4) is 0 Å². The van der Waals surface area contributed by atoms with Gasteiger partial charge in [-0.3, -0.25) is 0 Å². The van der Waals surface area contributed by atoms with Crippen LogP contribution in [0.4, 0.5) is 50.9 Å². The minimum absolute atomic E-state index is 0.250. The van der Waals surface area contributed by atoms with Gasteiger partial charge in [-0.25, -0.2) is 13.7 Å². The molecule has 0 heterocycles. The molecule has 0 bridgehead atoms. The average molecular weight is 549 g/mol. The molecule has 1 N–H and O–H groups in total. The van der Waals surface area contributed by atoms with Crippen LogP contribution in [-0.2, 0) is 20.5 Å². The van der Waals surface area contributed by atoms with Crippen LogP contribution in [0.1, 0.15) is 18.5 Å². The molecule has 2 aromatic carbocycles. The highest BCUT2D eigenvalue weighted by atomic mass is 32.2. The first kappa shape index (κ1) is 29.2. The van der Waals surface area contributed by atoms with Gasteiger partial charge in [-0.1, -0.05) is 36.4 Å². The quantitative estimate of drug-likeness (QED) is 0.212. The van der Waals surface area contributed by atoms with E-state index in [4.69, 9.17) is 0 Å². The van der Waals surface area contributed by atoms with Crippen molar-refractivity contribution < 1.29 is 53.3 Å². The highest BCUT2D eigenvalue weighted by molar-refractivity contribution is 7.84. The van der Waals surface area contributed by atoms with Gasteiger partial charge in [0, 0.05) is 5.56 Å². The molecule has 0 aliphatic carbocycles. The number of esters is 1. The van der Waals surface area contributed by atoms with Gasteiger partial charge in [0.15, 0.2) is 11.0 Å². The standard InChI is InChI=1S/C20H16F9N3O3S/c1-2-35-16(33)15(13-10-6-7-11-14(13)31-30-12-8-4-3-5-9-12)32-36(34)20(28,29)18(23,24)17(21,22)19(25,26)27/h3-11,15,32H,2H2,1H3/t15-,36?/m0/s1. The molecule has 0 saturated carbocycles. The lowest BCUT2D eigenvalue weighted by molar-refractivity contribution is -0.381. The number of nitrogens with one attached hydrogen (secondary N) is 1. The first-order chi connectivity index (χ1) is 16.6. The van der Waals surface area contributed by atoms with Crippen molar-refractivity contribution in [2.45, 2.75) is 36.2 Å². The fraction of sp³-hybridized carbons (Fsp3) is 0.350. The molecule has 0 fully saturated rings. The van der Waals surface area contributed by atoms with Gasteiger partial charge in [-0.05, 0) is 25.1 Å². The Hall–Kier alpha value is -3.01. The molecule has 0 saturated heterocycles. The van der Waals surface area contributed by atoms with Crippen LogP contribution >= 0.6 is 0 Å². The summed E-state index contributed by atoms with van der Waals surface area (Å²) in [6.07, 6.45) is -7.10. The number of halogens is 9. The highest BCUT2D eigenvalue weighted by Gasteiger charge is 2.83. The number of azo groups is 1. The van der Waals surface area contributed by atoms with Crippen LogP contribution in [0.2, 0.25) is 0 Å². The maximum Gasteiger partial charge on any atom is 0.460 e. The Morgan fingerprint density at radius 2 is 1.44 bits per heavy atom. The number of ether oxygens (including phenoxy) is 1. The second-order valence-corrected chi connectivity index (χ2v) is 8.12. The molecule has 6 nitrogen and oxygen atoms in total. The van der Waals surface area contributed by atoms with Crippen molar-refractivity contribution in [1.29, 1.82) is 0 Å². The van der Waals surface area contributed by atoms with E-state index in [-0.39, 0.29) is 11.4 Å². The first-order valence-electron chi connectivity index (χ1n) is 9.68. The second-order valence-electron chi connectivity index (χ2n) is 6.83. The zero-order valence-corrected chi connectivity index (χ0v) is 18.7. The second kappa shape index (κ2) is 10.9. The van der Waals surface area contributed by atoms with E-state index in [0.29, 0.717) is 0 Å². The SMILES string of the molecule is CCOC(=O)[C@@H](NS(=O)C(F)(F)C(F)(F)C(F)(F)C(F)(F)F)c1ccccc1N=Nc1ccccc1. The number of nitrogens with zero attached hydrogens (tertiary/aromatic N) is 2. The smallest absolute Gasteiger partial charge is 0.460 e. The summed E-state index contributed by atoms with van der Waals surface area (Å²) in [6.45, 7) is 0.871. The molecule has 16 heteroatoms. The fourth-order valence-corrected chi connectivity index (χ4v) is 3.50. The highest BCUT2D eigenvalue weighted by Crippen LogP contribution is 2.54. The lowest BCUT2D eigenvalue weighted by Gasteiger charge is -2.33. The fourth-order valence-electron chi connectivity index (χ4n) is 2.55. The molecule has 0 aliphatic rings. The normalized spacial score (nSPS) is 15.1. The Kier molecular flexibility index (Phi) is 8.88. The molecule has 36 heavy (non-hydrogen) atoms. The van der Waals surface area contributed by atoms with Gasteiger partial charge in [0.25, 0.3) is 0 Å². The van der Waals surface area contributed by atoms with E-state index in [9.17, 15) is 48.5 Å². The molecule has 1 unspecified atom stereocenters. The third-order valence-corrected chi connectivity index (χ3v) is 5.54. The van der Waals surface area contributed by atoms with Crippen LogP contribution in [0.25, 0.3) is 0 Å². The van der Waals surface area contributed by atoms with Gasteiger partial charge < -0.3 is 4.74 Å². The first-order valence-corrected chi connectivity index (χ1v) is 10.8. The Morgan fingerprint density at radius 3 is 2.00 bits per heavy atom. The Labute approximate surface area is 200 Å². The monoisotopic (exact) mass is 549 g/mol. The molecular weight excluding hydrogens is 533 g/mol. The molecule has 2 rings (SSSR count). The molecule has 0 spiro atoms. The third-order valence-electron chi connectivity index (χ3n) is 4.37. The van der Waals surface area contributed by atoms with Gasteiger partial charge in [0.05, 0.1) is 18.0 Å². The van der Waals surface area contributed by atoms with Crippen molar-refractivity contribution in [3.05, 3.63) is 60.2 Å². The van der Waals surface area contributed by atoms with E-state index in [1.165, 1.54) is 42.0 Å². The van der Waals surface area contributed by atoms with E-state index in [1.54, 1.807) is 18.2 Å². The lowest BCUT2D eigenvalue weighted by Crippen LogP contribution is -2.63. The molecule has 2 atom stereocenters. The lowest BCUT2D eigenvalue weighted by atomic mass is 10.1. The largest absolute Gasteiger partial charge is 0.465 e. The van der Waals surface area contributed by atoms with Gasteiger partial charge in [0.2, 0.25) is 0 Å². The Morgan fingerprint density at radius 1 is 0.889 bits per heavy atom. The molecular formula is C20H16F9N3O3S. The number of hydrogen-bond donors (Lipinski definition) is 1. The van der Waals surface area contributed by atoms with Crippen LogP contribution in [0.3, 0.4) is 0 Å². The van der Waals surface area contributed by atoms with Crippen molar-refractivity contribution in [2.24, 2.45) is 10.2 Å². The van der Waals surface area contributed by atoms with Crippen LogP contribution in [0, 0.1) is 0 Å². The summed E-state index contributed by atoms with van der Waals surface area (Å²) in [5.74, 6) is -15.9. The maximum absolute atomic E-state index is 14.1. The molecule has 198 valence electrons. The molecule has 0 aliphatic heterocycles. The van der Waals surface area contributed by atoms with E-state index in [1.807, 2.05) is 0 Å². The van der Waals surface area contributed by atoms with Crippen molar-refractivity contribution in [3.63, 3.8) is 0 Å². The van der Waals surface area contributed by atoms with Gasteiger partial charge in [-0.15, -0.1) is 0 Å². The number of carbonyl (C=O) groups is 1. The average Bonchev–Trinajstić information content (AvgIpc) is 2.81. The van der Waals surface area contributed by atoms with Crippen molar-refractivity contribution in [2.75, 3.05) is 6.61 Å². The number of rotatable bonds is 10. The number of carbonyl (C=O) groups excluding carboxylic acids is 1. The van der Waals surface area contributed by atoms with Crippen molar-refractivity contribution in [1.82, 2.24) is 4.72 Å². The predicted octanol–water partition coefficient (Wildman–Crippen LogP) is 6.39. The zero-order chi connectivity index (χ0) is 27.4. The van der Waals surface area contributed by atoms with Gasteiger partial charge in [-0.2, -0.15) is 49.7 Å². The minimum atomic E-state index is -7.26. The van der Waals surface area contributed by atoms with Crippen LogP contribution in [0.15, 0.2) is 64.8 Å². The summed E-state index contributed by atoms with van der Waals surface area (Å²) in [5.41, 5.74) is -0.387. The van der Waals surface area contributed by atoms with Crippen LogP contribution in [-0.4, -0.2) is 40.1 Å². The number of hydrogen-bond acceptors (Lipinski definition) is 5. The van der Waals surface area contributed by atoms with E-state index >= 15 is 0 Å². The third kappa shape index (κ3) is 5.86. The number of alkyl halides is 9. The van der Waals surface area contributed by atoms with Crippen LogP contribution < -0.4 is 4.72 Å². The summed E-state index contributed by atoms with van der Waals surface area (Å²) >= 11 is 0. The predicted molar refractivity (Wildman–Crippen MR) is 109 cm³/mol. The van der Waals surface area contributed by atoms with Crippen LogP contribution in [0.5, 0.6) is 0 Å². The van der Waals surface area contributed by atoms with Crippen molar-refractivity contribution >= 4 is 28.3 Å². The van der Waals surface area contributed by atoms with E-state index in [2.05, 4.69) is 15.0 Å².